The second kappa shape index (κ2) is 9.27. The number of Topliss-reactive ketones (excluding diaryl/α,β-unsaturated/α-hetero) is 1. The van der Waals surface area contributed by atoms with E-state index >= 15 is 0 Å². The van der Waals surface area contributed by atoms with E-state index < -0.39 is 17.7 Å². The number of carbonyl (C=O) groups excluding carboxylic acids is 2. The summed E-state index contributed by atoms with van der Waals surface area (Å²) in [5.74, 6) is -0.0872. The molecule has 0 spiro atoms. The van der Waals surface area contributed by atoms with Gasteiger partial charge in [0.25, 0.3) is 11.7 Å². The second-order valence-corrected chi connectivity index (χ2v) is 8.68. The molecule has 7 nitrogen and oxygen atoms in total. The molecule has 1 fully saturated rings. The number of ether oxygens (including phenoxy) is 3. The smallest absolute Gasteiger partial charge is 0.295 e. The minimum absolute atomic E-state index is 0.0229. The molecular formula is C26H29NO6. The molecule has 0 radical (unpaired) electrons. The molecule has 2 aromatic rings. The SMILES string of the molecule is COCCN1C(=O)C(=O)/C(=C(\O)c2ccc3c(c2)CC(C)O3)C1c1ccc(OC(C)C)cc1. The summed E-state index contributed by atoms with van der Waals surface area (Å²) >= 11 is 0. The van der Waals surface area contributed by atoms with Crippen molar-refractivity contribution < 1.29 is 28.9 Å². The normalized spacial score (nSPS) is 21.4. The number of aliphatic hydroxyl groups is 1. The molecule has 0 aromatic heterocycles. The highest BCUT2D eigenvalue weighted by molar-refractivity contribution is 6.46. The van der Waals surface area contributed by atoms with Gasteiger partial charge < -0.3 is 24.2 Å². The highest BCUT2D eigenvalue weighted by Crippen LogP contribution is 2.40. The van der Waals surface area contributed by atoms with Gasteiger partial charge in [0.15, 0.2) is 0 Å². The fourth-order valence-electron chi connectivity index (χ4n) is 4.37. The Morgan fingerprint density at radius 2 is 1.91 bits per heavy atom. The summed E-state index contributed by atoms with van der Waals surface area (Å²) in [6.45, 7) is 6.36. The number of benzene rings is 2. The number of rotatable bonds is 7. The zero-order valence-electron chi connectivity index (χ0n) is 19.3. The van der Waals surface area contributed by atoms with Crippen LogP contribution < -0.4 is 9.47 Å². The molecule has 0 saturated carbocycles. The third-order valence-electron chi connectivity index (χ3n) is 5.81. The van der Waals surface area contributed by atoms with Gasteiger partial charge in [-0.05, 0) is 62.2 Å². The molecule has 2 aliphatic heterocycles. The van der Waals surface area contributed by atoms with Crippen LogP contribution >= 0.6 is 0 Å². The van der Waals surface area contributed by atoms with E-state index in [1.807, 2.05) is 39.0 Å². The number of likely N-dealkylation sites (tertiary alicyclic amines) is 1. The molecule has 7 heteroatoms. The van der Waals surface area contributed by atoms with E-state index in [9.17, 15) is 14.7 Å². The Hall–Kier alpha value is -3.32. The van der Waals surface area contributed by atoms with Gasteiger partial charge >= 0.3 is 0 Å². The van der Waals surface area contributed by atoms with Crippen LogP contribution in [0.1, 0.15) is 43.5 Å². The van der Waals surface area contributed by atoms with Crippen molar-refractivity contribution in [2.45, 2.75) is 45.4 Å². The third-order valence-corrected chi connectivity index (χ3v) is 5.81. The van der Waals surface area contributed by atoms with E-state index in [2.05, 4.69) is 0 Å². The summed E-state index contributed by atoms with van der Waals surface area (Å²) in [5, 5.41) is 11.2. The Labute approximate surface area is 193 Å². The van der Waals surface area contributed by atoms with E-state index in [1.165, 1.54) is 12.0 Å². The molecule has 1 amide bonds. The predicted molar refractivity (Wildman–Crippen MR) is 123 cm³/mol. The zero-order chi connectivity index (χ0) is 23.7. The summed E-state index contributed by atoms with van der Waals surface area (Å²) in [6.07, 6.45) is 0.803. The number of aliphatic hydroxyl groups excluding tert-OH is 1. The number of carbonyl (C=O) groups is 2. The molecule has 2 aromatic carbocycles. The average Bonchev–Trinajstić information content (AvgIpc) is 3.27. The molecule has 174 valence electrons. The number of methoxy groups -OCH3 is 1. The van der Waals surface area contributed by atoms with E-state index in [0.29, 0.717) is 16.9 Å². The van der Waals surface area contributed by atoms with Crippen molar-refractivity contribution in [2.24, 2.45) is 0 Å². The van der Waals surface area contributed by atoms with Crippen LogP contribution in [0.4, 0.5) is 0 Å². The highest BCUT2D eigenvalue weighted by atomic mass is 16.5. The number of hydrogen-bond acceptors (Lipinski definition) is 6. The summed E-state index contributed by atoms with van der Waals surface area (Å²) in [6, 6.07) is 11.9. The average molecular weight is 452 g/mol. The molecule has 2 atom stereocenters. The largest absolute Gasteiger partial charge is 0.507 e. The van der Waals surface area contributed by atoms with Gasteiger partial charge in [-0.2, -0.15) is 0 Å². The second-order valence-electron chi connectivity index (χ2n) is 8.68. The van der Waals surface area contributed by atoms with Crippen molar-refractivity contribution in [3.63, 3.8) is 0 Å². The van der Waals surface area contributed by atoms with Crippen molar-refractivity contribution in [1.82, 2.24) is 4.90 Å². The van der Waals surface area contributed by atoms with Crippen molar-refractivity contribution in [3.8, 4) is 11.5 Å². The van der Waals surface area contributed by atoms with Crippen molar-refractivity contribution in [3.05, 3.63) is 64.7 Å². The molecule has 2 aliphatic rings. The van der Waals surface area contributed by atoms with Gasteiger partial charge in [-0.3, -0.25) is 9.59 Å². The van der Waals surface area contributed by atoms with E-state index in [4.69, 9.17) is 14.2 Å². The lowest BCUT2D eigenvalue weighted by Gasteiger charge is -2.25. The third kappa shape index (κ3) is 4.46. The van der Waals surface area contributed by atoms with Crippen molar-refractivity contribution in [2.75, 3.05) is 20.3 Å². The van der Waals surface area contributed by atoms with Crippen LogP contribution in [-0.2, 0) is 20.7 Å². The first-order valence-electron chi connectivity index (χ1n) is 11.1. The Morgan fingerprint density at radius 1 is 1.18 bits per heavy atom. The standard InChI is InChI=1S/C26H29NO6/c1-15(2)32-20-8-5-17(6-9-20)23-22(25(29)26(30)27(23)11-12-31-4)24(28)18-7-10-21-19(14-18)13-16(3)33-21/h5-10,14-16,23,28H,11-13H2,1-4H3/b24-22-. The molecular weight excluding hydrogens is 422 g/mol. The monoisotopic (exact) mass is 451 g/mol. The van der Waals surface area contributed by atoms with Gasteiger partial charge in [-0.1, -0.05) is 12.1 Å². The Bertz CT molecular complexity index is 1090. The first-order chi connectivity index (χ1) is 15.8. The van der Waals surface area contributed by atoms with Gasteiger partial charge in [-0.25, -0.2) is 0 Å². The van der Waals surface area contributed by atoms with Crippen molar-refractivity contribution in [1.29, 1.82) is 0 Å². The maximum atomic E-state index is 13.1. The van der Waals surface area contributed by atoms with Gasteiger partial charge in [0.05, 0.1) is 24.3 Å². The van der Waals surface area contributed by atoms with Crippen LogP contribution in [0.25, 0.3) is 5.76 Å². The molecule has 1 N–H and O–H groups in total. The first kappa shape index (κ1) is 22.9. The summed E-state index contributed by atoms with van der Waals surface area (Å²) in [5.41, 5.74) is 2.23. The number of hydrogen-bond donors (Lipinski definition) is 1. The predicted octanol–water partition coefficient (Wildman–Crippen LogP) is 3.87. The maximum Gasteiger partial charge on any atom is 0.295 e. The molecule has 2 heterocycles. The minimum atomic E-state index is -0.725. The lowest BCUT2D eigenvalue weighted by atomic mass is 9.94. The minimum Gasteiger partial charge on any atom is -0.507 e. The van der Waals surface area contributed by atoms with Gasteiger partial charge in [0.2, 0.25) is 0 Å². The summed E-state index contributed by atoms with van der Waals surface area (Å²) in [7, 11) is 1.54. The number of ketones is 1. The molecule has 4 rings (SSSR count). The van der Waals surface area contributed by atoms with Gasteiger partial charge in [-0.15, -0.1) is 0 Å². The Morgan fingerprint density at radius 3 is 2.58 bits per heavy atom. The van der Waals surface area contributed by atoms with Crippen LogP contribution in [0, 0.1) is 0 Å². The topological polar surface area (TPSA) is 85.3 Å². The first-order valence-corrected chi connectivity index (χ1v) is 11.1. The lowest BCUT2D eigenvalue weighted by Crippen LogP contribution is -2.32. The fourth-order valence-corrected chi connectivity index (χ4v) is 4.37. The van der Waals surface area contributed by atoms with Crippen LogP contribution in [0.2, 0.25) is 0 Å². The highest BCUT2D eigenvalue weighted by Gasteiger charge is 2.46. The van der Waals surface area contributed by atoms with Crippen LogP contribution in [0.3, 0.4) is 0 Å². The van der Waals surface area contributed by atoms with Crippen LogP contribution in [-0.4, -0.2) is 54.2 Å². The number of amides is 1. The molecule has 33 heavy (non-hydrogen) atoms. The molecule has 2 unspecified atom stereocenters. The zero-order valence-corrected chi connectivity index (χ0v) is 19.3. The number of fused-ring (bicyclic) bond motifs is 1. The Kier molecular flexibility index (Phi) is 6.42. The summed E-state index contributed by atoms with van der Waals surface area (Å²) < 4.78 is 16.6. The van der Waals surface area contributed by atoms with Crippen LogP contribution in [0.5, 0.6) is 11.5 Å². The maximum absolute atomic E-state index is 13.1. The van der Waals surface area contributed by atoms with E-state index in [0.717, 1.165) is 17.7 Å². The molecule has 0 bridgehead atoms. The van der Waals surface area contributed by atoms with Gasteiger partial charge in [0.1, 0.15) is 23.4 Å². The van der Waals surface area contributed by atoms with Crippen LogP contribution in [0.15, 0.2) is 48.0 Å². The fraction of sp³-hybridized carbons (Fsp3) is 0.385. The van der Waals surface area contributed by atoms with E-state index in [-0.39, 0.29) is 36.7 Å². The molecule has 0 aliphatic carbocycles. The van der Waals surface area contributed by atoms with E-state index in [1.54, 1.807) is 24.3 Å². The molecule has 1 saturated heterocycles. The summed E-state index contributed by atoms with van der Waals surface area (Å²) in [4.78, 5) is 27.4. The van der Waals surface area contributed by atoms with Crippen molar-refractivity contribution >= 4 is 17.4 Å². The quantitative estimate of drug-likeness (QED) is 0.391. The van der Waals surface area contributed by atoms with Gasteiger partial charge in [0, 0.05) is 25.6 Å². The Balaban J connectivity index is 1.78. The lowest BCUT2D eigenvalue weighted by molar-refractivity contribution is -0.140. The number of nitrogens with zero attached hydrogens (tertiary/aromatic N) is 1.